The Kier molecular flexibility index (Phi) is 8.24. The van der Waals surface area contributed by atoms with Crippen molar-refractivity contribution in [2.24, 2.45) is 0 Å². The Morgan fingerprint density at radius 3 is 2.53 bits per heavy atom. The molecule has 2 aliphatic rings. The van der Waals surface area contributed by atoms with E-state index in [2.05, 4.69) is 39.9 Å². The van der Waals surface area contributed by atoms with Crippen molar-refractivity contribution in [3.05, 3.63) is 47.3 Å². The van der Waals surface area contributed by atoms with E-state index in [1.54, 1.807) is 0 Å². The van der Waals surface area contributed by atoms with Gasteiger partial charge in [0, 0.05) is 13.1 Å². The van der Waals surface area contributed by atoms with Gasteiger partial charge in [0.25, 0.3) is 5.91 Å². The van der Waals surface area contributed by atoms with Gasteiger partial charge in [0.2, 0.25) is 0 Å². The summed E-state index contributed by atoms with van der Waals surface area (Å²) in [6, 6.07) is 10.7. The zero-order valence-electron chi connectivity index (χ0n) is 17.6. The fourth-order valence-corrected chi connectivity index (χ4v) is 4.30. The lowest BCUT2D eigenvalue weighted by atomic mass is 10.1. The number of hydrogen-bond donors (Lipinski definition) is 1. The number of carbonyl (C=O) groups is 1. The van der Waals surface area contributed by atoms with Crippen molar-refractivity contribution >= 4 is 18.3 Å². The number of nitrogens with one attached hydrogen (secondary N) is 1. The third-order valence-corrected chi connectivity index (χ3v) is 6.10. The zero-order chi connectivity index (χ0) is 20.1. The summed E-state index contributed by atoms with van der Waals surface area (Å²) in [5.41, 5.74) is 2.70. The molecule has 2 aliphatic heterocycles. The number of aromatic nitrogens is 3. The van der Waals surface area contributed by atoms with Crippen molar-refractivity contribution in [3.63, 3.8) is 0 Å². The summed E-state index contributed by atoms with van der Waals surface area (Å²) in [7, 11) is 0. The SMILES string of the molecule is Cc1c(C(=O)N2CCC(OCCc3ccccc3)CC2)nnn1C1CCNCC1.Cl. The molecule has 0 atom stereocenters. The number of ether oxygens (including phenoxy) is 1. The number of nitrogens with zero attached hydrogens (tertiary/aromatic N) is 4. The molecular weight excluding hydrogens is 402 g/mol. The lowest BCUT2D eigenvalue weighted by Crippen LogP contribution is -2.41. The van der Waals surface area contributed by atoms with Crippen LogP contribution < -0.4 is 5.32 Å². The van der Waals surface area contributed by atoms with E-state index in [0.29, 0.717) is 24.8 Å². The third-order valence-electron chi connectivity index (χ3n) is 6.10. The highest BCUT2D eigenvalue weighted by Crippen LogP contribution is 2.22. The molecule has 0 radical (unpaired) electrons. The van der Waals surface area contributed by atoms with Crippen LogP contribution in [-0.4, -0.2) is 64.7 Å². The Morgan fingerprint density at radius 2 is 1.83 bits per heavy atom. The van der Waals surface area contributed by atoms with Crippen LogP contribution >= 0.6 is 12.4 Å². The van der Waals surface area contributed by atoms with Crippen LogP contribution in [0.25, 0.3) is 0 Å². The summed E-state index contributed by atoms with van der Waals surface area (Å²) < 4.78 is 8.00. The average Bonchev–Trinajstić information content (AvgIpc) is 3.16. The summed E-state index contributed by atoms with van der Waals surface area (Å²) in [5.74, 6) is 0.00502. The molecule has 1 amide bonds. The molecule has 7 nitrogen and oxygen atoms in total. The Labute approximate surface area is 184 Å². The minimum Gasteiger partial charge on any atom is -0.378 e. The molecule has 4 rings (SSSR count). The quantitative estimate of drug-likeness (QED) is 0.758. The molecule has 0 bridgehead atoms. The first-order valence-corrected chi connectivity index (χ1v) is 10.8. The smallest absolute Gasteiger partial charge is 0.276 e. The molecule has 8 heteroatoms. The lowest BCUT2D eigenvalue weighted by molar-refractivity contribution is 0.00986. The summed E-state index contributed by atoms with van der Waals surface area (Å²) >= 11 is 0. The maximum absolute atomic E-state index is 13.0. The monoisotopic (exact) mass is 433 g/mol. The van der Waals surface area contributed by atoms with Gasteiger partial charge in [-0.25, -0.2) is 4.68 Å². The second-order valence-corrected chi connectivity index (χ2v) is 8.05. The van der Waals surface area contributed by atoms with Gasteiger partial charge < -0.3 is 15.0 Å². The summed E-state index contributed by atoms with van der Waals surface area (Å²) in [6.45, 7) is 6.11. The molecule has 3 heterocycles. The van der Waals surface area contributed by atoms with E-state index in [0.717, 1.165) is 57.5 Å². The first-order chi connectivity index (χ1) is 14.2. The maximum atomic E-state index is 13.0. The summed E-state index contributed by atoms with van der Waals surface area (Å²) in [6.07, 6.45) is 4.98. The molecule has 2 fully saturated rings. The van der Waals surface area contributed by atoms with Gasteiger partial charge >= 0.3 is 0 Å². The fourth-order valence-electron chi connectivity index (χ4n) is 4.30. The number of halogens is 1. The van der Waals surface area contributed by atoms with Gasteiger partial charge in [-0.05, 0) is 57.7 Å². The zero-order valence-corrected chi connectivity index (χ0v) is 18.4. The first kappa shape index (κ1) is 22.7. The van der Waals surface area contributed by atoms with Gasteiger partial charge in [0.15, 0.2) is 5.69 Å². The molecular formula is C22H32ClN5O2. The van der Waals surface area contributed by atoms with E-state index in [-0.39, 0.29) is 24.4 Å². The van der Waals surface area contributed by atoms with Gasteiger partial charge in [-0.2, -0.15) is 0 Å². The largest absolute Gasteiger partial charge is 0.378 e. The lowest BCUT2D eigenvalue weighted by Gasteiger charge is -2.31. The number of hydrogen-bond acceptors (Lipinski definition) is 5. The predicted molar refractivity (Wildman–Crippen MR) is 118 cm³/mol. The normalized spacial score (nSPS) is 18.2. The molecule has 30 heavy (non-hydrogen) atoms. The van der Waals surface area contributed by atoms with Crippen LogP contribution in [0.15, 0.2) is 30.3 Å². The molecule has 1 N–H and O–H groups in total. The number of rotatable bonds is 6. The maximum Gasteiger partial charge on any atom is 0.276 e. The molecule has 0 unspecified atom stereocenters. The van der Waals surface area contributed by atoms with E-state index in [9.17, 15) is 4.79 Å². The Balaban J connectivity index is 0.00000256. The van der Waals surface area contributed by atoms with E-state index in [4.69, 9.17) is 4.74 Å². The first-order valence-electron chi connectivity index (χ1n) is 10.8. The van der Waals surface area contributed by atoms with Crippen LogP contribution in [-0.2, 0) is 11.2 Å². The minimum absolute atomic E-state index is 0. The molecule has 0 aliphatic carbocycles. The van der Waals surface area contributed by atoms with Crippen molar-refractivity contribution in [2.75, 3.05) is 32.8 Å². The van der Waals surface area contributed by atoms with Crippen molar-refractivity contribution in [1.29, 1.82) is 0 Å². The Bertz CT molecular complexity index is 799. The molecule has 2 saturated heterocycles. The topological polar surface area (TPSA) is 72.3 Å². The molecule has 1 aromatic carbocycles. The highest BCUT2D eigenvalue weighted by Gasteiger charge is 2.29. The number of likely N-dealkylation sites (tertiary alicyclic amines) is 1. The standard InChI is InChI=1S/C22H31N5O2.ClH/c1-17-21(24-25-27(17)19-7-12-23-13-8-19)22(28)26-14-9-20(10-15-26)29-16-11-18-5-3-2-4-6-18;/h2-6,19-20,23H,7-16H2,1H3;1H. The molecule has 2 aromatic rings. The van der Waals surface area contributed by atoms with Gasteiger partial charge in [-0.1, -0.05) is 35.5 Å². The molecule has 0 saturated carbocycles. The van der Waals surface area contributed by atoms with Crippen LogP contribution in [0, 0.1) is 6.92 Å². The highest BCUT2D eigenvalue weighted by molar-refractivity contribution is 5.93. The Hall–Kier alpha value is -1.96. The second kappa shape index (κ2) is 10.9. The minimum atomic E-state index is 0. The molecule has 0 spiro atoms. The van der Waals surface area contributed by atoms with Crippen molar-refractivity contribution in [3.8, 4) is 0 Å². The van der Waals surface area contributed by atoms with Gasteiger partial charge in [-0.15, -0.1) is 17.5 Å². The van der Waals surface area contributed by atoms with Crippen molar-refractivity contribution < 1.29 is 9.53 Å². The van der Waals surface area contributed by atoms with E-state index in [1.807, 2.05) is 22.6 Å². The average molecular weight is 434 g/mol. The van der Waals surface area contributed by atoms with Gasteiger partial charge in [0.05, 0.1) is 24.4 Å². The second-order valence-electron chi connectivity index (χ2n) is 8.05. The Morgan fingerprint density at radius 1 is 1.13 bits per heavy atom. The van der Waals surface area contributed by atoms with Crippen LogP contribution in [0.4, 0.5) is 0 Å². The molecule has 164 valence electrons. The van der Waals surface area contributed by atoms with Crippen molar-refractivity contribution in [2.45, 2.75) is 51.2 Å². The van der Waals surface area contributed by atoms with Crippen LogP contribution in [0.5, 0.6) is 0 Å². The number of piperidine rings is 2. The van der Waals surface area contributed by atoms with Crippen molar-refractivity contribution in [1.82, 2.24) is 25.2 Å². The molecule has 1 aromatic heterocycles. The van der Waals surface area contributed by atoms with E-state index < -0.39 is 0 Å². The fraction of sp³-hybridized carbons (Fsp3) is 0.591. The van der Waals surface area contributed by atoms with E-state index >= 15 is 0 Å². The predicted octanol–water partition coefficient (Wildman–Crippen LogP) is 2.80. The summed E-state index contributed by atoms with van der Waals surface area (Å²) in [5, 5.41) is 11.9. The number of benzene rings is 1. The number of amides is 1. The summed E-state index contributed by atoms with van der Waals surface area (Å²) in [4.78, 5) is 14.9. The van der Waals surface area contributed by atoms with Gasteiger partial charge in [0.1, 0.15) is 0 Å². The van der Waals surface area contributed by atoms with E-state index in [1.165, 1.54) is 5.56 Å². The van der Waals surface area contributed by atoms with Crippen LogP contribution in [0.3, 0.4) is 0 Å². The number of carbonyl (C=O) groups excluding carboxylic acids is 1. The van der Waals surface area contributed by atoms with Crippen LogP contribution in [0.1, 0.15) is 53.5 Å². The highest BCUT2D eigenvalue weighted by atomic mass is 35.5. The third kappa shape index (κ3) is 5.39. The van der Waals surface area contributed by atoms with Gasteiger partial charge in [-0.3, -0.25) is 4.79 Å². The van der Waals surface area contributed by atoms with Crippen LogP contribution in [0.2, 0.25) is 0 Å².